The molecule has 2 aromatic carbocycles. The number of nitrogens with two attached hydrogens (primary N) is 1. The first-order chi connectivity index (χ1) is 21.1. The molecule has 212 valence electrons. The van der Waals surface area contributed by atoms with Crippen molar-refractivity contribution in [3.63, 3.8) is 0 Å². The highest BCUT2D eigenvalue weighted by molar-refractivity contribution is 6.28. The van der Waals surface area contributed by atoms with E-state index in [1.807, 2.05) is 42.5 Å². The van der Waals surface area contributed by atoms with E-state index >= 15 is 0 Å². The van der Waals surface area contributed by atoms with Crippen LogP contribution in [0.3, 0.4) is 0 Å². The van der Waals surface area contributed by atoms with Gasteiger partial charge in [-0.3, -0.25) is 9.47 Å². The Bertz CT molecular complexity index is 1940. The van der Waals surface area contributed by atoms with Gasteiger partial charge in [-0.15, -0.1) is 0 Å². The predicted octanol–water partition coefficient (Wildman–Crippen LogP) is 5.03. The number of nitrogen functional groups attached to an aromatic ring is 1. The molecule has 0 amide bonds. The van der Waals surface area contributed by atoms with Crippen molar-refractivity contribution in [1.29, 1.82) is 0 Å². The molecule has 43 heavy (non-hydrogen) atoms. The molecule has 2 aliphatic heterocycles. The molecule has 8 rings (SSSR count). The average Bonchev–Trinajstić information content (AvgIpc) is 3.75. The van der Waals surface area contributed by atoms with Gasteiger partial charge in [-0.2, -0.15) is 4.98 Å². The van der Waals surface area contributed by atoms with Crippen LogP contribution in [0.15, 0.2) is 91.4 Å². The van der Waals surface area contributed by atoms with E-state index in [0.717, 1.165) is 59.7 Å². The Morgan fingerprint density at radius 3 is 2.44 bits per heavy atom. The highest BCUT2D eigenvalue weighted by Gasteiger charge is 2.44. The van der Waals surface area contributed by atoms with Gasteiger partial charge < -0.3 is 10.6 Å². The number of rotatable bonds is 6. The molecule has 0 radical (unpaired) electrons. The number of hydrogen-bond donors (Lipinski definition) is 1. The van der Waals surface area contributed by atoms with Gasteiger partial charge in [0.2, 0.25) is 11.2 Å². The summed E-state index contributed by atoms with van der Waals surface area (Å²) in [6.45, 7) is 2.71. The summed E-state index contributed by atoms with van der Waals surface area (Å²) < 4.78 is 2.08. The van der Waals surface area contributed by atoms with Gasteiger partial charge in [-0.1, -0.05) is 42.5 Å². The van der Waals surface area contributed by atoms with Gasteiger partial charge >= 0.3 is 0 Å². The molecular formula is C32H27ClN10. The number of nitrogens with zero attached hydrogens (tertiary/aromatic N) is 9. The second-order valence-corrected chi connectivity index (χ2v) is 11.3. The summed E-state index contributed by atoms with van der Waals surface area (Å²) >= 11 is 6.01. The molecule has 2 aliphatic rings. The first-order valence-electron chi connectivity index (χ1n) is 14.2. The quantitative estimate of drug-likeness (QED) is 0.287. The Morgan fingerprint density at radius 2 is 1.67 bits per heavy atom. The van der Waals surface area contributed by atoms with Crippen LogP contribution in [0.25, 0.3) is 39.5 Å². The summed E-state index contributed by atoms with van der Waals surface area (Å²) in [5.74, 6) is 1.80. The molecule has 0 spiro atoms. The van der Waals surface area contributed by atoms with Crippen LogP contribution in [0.1, 0.15) is 12.0 Å². The highest BCUT2D eigenvalue weighted by Crippen LogP contribution is 2.35. The van der Waals surface area contributed by atoms with Crippen LogP contribution in [0.5, 0.6) is 0 Å². The molecule has 0 unspecified atom stereocenters. The number of pyridine rings is 2. The normalized spacial score (nSPS) is 18.1. The first kappa shape index (κ1) is 25.8. The van der Waals surface area contributed by atoms with E-state index in [9.17, 15) is 0 Å². The number of aromatic nitrogens is 7. The van der Waals surface area contributed by atoms with Gasteiger partial charge in [0.1, 0.15) is 17.7 Å². The van der Waals surface area contributed by atoms with Crippen LogP contribution in [-0.4, -0.2) is 64.5 Å². The lowest BCUT2D eigenvalue weighted by atomic mass is 10.1. The molecule has 2 fully saturated rings. The molecule has 2 bridgehead atoms. The maximum absolute atomic E-state index is 6.33. The largest absolute Gasteiger partial charge is 0.383 e. The van der Waals surface area contributed by atoms with Gasteiger partial charge in [0.25, 0.3) is 0 Å². The fraction of sp³-hybridized carbons (Fsp3) is 0.188. The number of likely N-dealkylation sites (tertiary alicyclic amines) is 1. The third-order valence-corrected chi connectivity index (χ3v) is 8.56. The summed E-state index contributed by atoms with van der Waals surface area (Å²) in [7, 11) is 0. The van der Waals surface area contributed by atoms with E-state index in [1.165, 1.54) is 11.9 Å². The zero-order valence-corrected chi connectivity index (χ0v) is 23.9. The molecule has 10 nitrogen and oxygen atoms in total. The van der Waals surface area contributed by atoms with Gasteiger partial charge in [-0.05, 0) is 60.0 Å². The van der Waals surface area contributed by atoms with Gasteiger partial charge in [0, 0.05) is 49.2 Å². The van der Waals surface area contributed by atoms with Crippen molar-refractivity contribution in [2.45, 2.75) is 25.0 Å². The Morgan fingerprint density at radius 1 is 0.814 bits per heavy atom. The zero-order chi connectivity index (χ0) is 28.9. The molecule has 2 N–H and O–H groups in total. The number of anilines is 2. The van der Waals surface area contributed by atoms with Crippen molar-refractivity contribution in [3.05, 3.63) is 102 Å². The average molecular weight is 587 g/mol. The van der Waals surface area contributed by atoms with Crippen molar-refractivity contribution < 1.29 is 0 Å². The van der Waals surface area contributed by atoms with Crippen molar-refractivity contribution >= 4 is 34.5 Å². The molecule has 2 atom stereocenters. The number of fused-ring (bicyclic) bond motifs is 3. The second kappa shape index (κ2) is 10.4. The standard InChI is InChI=1S/C32H27ClN10/c33-31-36-19-37-32(40-31)42-18-23-15-24(42)17-41(23)16-20-8-10-22(11-9-20)43-29(25-7-4-14-35-28(25)34)39-27-13-12-26(38-30(27)43)21-5-2-1-3-6-21/h1-14,19,23-24H,15-18H2,(H2,34,35)/t23-,24-/m1/s1. The van der Waals surface area contributed by atoms with Crippen LogP contribution < -0.4 is 10.6 Å². The smallest absolute Gasteiger partial charge is 0.229 e. The minimum atomic E-state index is 0.233. The van der Waals surface area contributed by atoms with E-state index < -0.39 is 0 Å². The van der Waals surface area contributed by atoms with Crippen molar-refractivity contribution in [1.82, 2.24) is 39.4 Å². The summed E-state index contributed by atoms with van der Waals surface area (Å²) in [5, 5.41) is 0.233. The predicted molar refractivity (Wildman–Crippen MR) is 167 cm³/mol. The Balaban J connectivity index is 1.10. The van der Waals surface area contributed by atoms with Gasteiger partial charge in [0.15, 0.2) is 11.5 Å². The minimum absolute atomic E-state index is 0.233. The molecule has 0 aliphatic carbocycles. The lowest BCUT2D eigenvalue weighted by Crippen LogP contribution is -2.46. The molecule has 2 saturated heterocycles. The Kier molecular flexibility index (Phi) is 6.23. The van der Waals surface area contributed by atoms with Gasteiger partial charge in [0.05, 0.1) is 11.3 Å². The zero-order valence-electron chi connectivity index (χ0n) is 23.1. The monoisotopic (exact) mass is 586 g/mol. The Hall–Kier alpha value is -4.93. The van der Waals surface area contributed by atoms with E-state index in [1.54, 1.807) is 6.20 Å². The van der Waals surface area contributed by atoms with E-state index in [2.05, 4.69) is 70.7 Å². The molecular weight excluding hydrogens is 560 g/mol. The Labute approximate surface area is 252 Å². The maximum atomic E-state index is 6.33. The number of benzene rings is 2. The molecule has 11 heteroatoms. The number of imidazole rings is 1. The van der Waals surface area contributed by atoms with Crippen LogP contribution in [0.2, 0.25) is 5.28 Å². The van der Waals surface area contributed by atoms with Crippen LogP contribution in [0, 0.1) is 0 Å². The van der Waals surface area contributed by atoms with Crippen molar-refractivity contribution in [2.24, 2.45) is 0 Å². The number of piperazine rings is 1. The lowest BCUT2D eigenvalue weighted by molar-refractivity contribution is 0.229. The third kappa shape index (κ3) is 4.65. The van der Waals surface area contributed by atoms with Gasteiger partial charge in [-0.25, -0.2) is 24.9 Å². The molecule has 6 aromatic rings. The topological polar surface area (TPSA) is 115 Å². The van der Waals surface area contributed by atoms with E-state index in [4.69, 9.17) is 27.3 Å². The fourth-order valence-corrected chi connectivity index (χ4v) is 6.46. The number of hydrogen-bond acceptors (Lipinski definition) is 9. The molecule has 6 heterocycles. The maximum Gasteiger partial charge on any atom is 0.229 e. The third-order valence-electron chi connectivity index (χ3n) is 8.37. The SMILES string of the molecule is Nc1ncccc1-c1nc2ccc(-c3ccccc3)nc2n1-c1ccc(CN2C[C@H]3C[C@@H]2CN3c2ncnc(Cl)n2)cc1. The van der Waals surface area contributed by atoms with Crippen LogP contribution in [-0.2, 0) is 6.54 Å². The second-order valence-electron chi connectivity index (χ2n) is 11.0. The minimum Gasteiger partial charge on any atom is -0.383 e. The lowest BCUT2D eigenvalue weighted by Gasteiger charge is -2.34. The molecule has 0 saturated carbocycles. The highest BCUT2D eigenvalue weighted by atomic mass is 35.5. The van der Waals surface area contributed by atoms with E-state index in [0.29, 0.717) is 29.7 Å². The van der Waals surface area contributed by atoms with Crippen LogP contribution >= 0.6 is 11.6 Å². The van der Waals surface area contributed by atoms with Crippen LogP contribution in [0.4, 0.5) is 11.8 Å². The molecule has 4 aromatic heterocycles. The summed E-state index contributed by atoms with van der Waals surface area (Å²) in [4.78, 5) is 31.7. The van der Waals surface area contributed by atoms with Crippen molar-refractivity contribution in [3.8, 4) is 28.3 Å². The first-order valence-corrected chi connectivity index (χ1v) is 14.6. The number of halogens is 1. The summed E-state index contributed by atoms with van der Waals surface area (Å²) in [6.07, 6.45) is 4.26. The van der Waals surface area contributed by atoms with E-state index in [-0.39, 0.29) is 5.28 Å². The van der Waals surface area contributed by atoms with Crippen molar-refractivity contribution in [2.75, 3.05) is 23.7 Å². The summed E-state index contributed by atoms with van der Waals surface area (Å²) in [5.41, 5.74) is 12.8. The summed E-state index contributed by atoms with van der Waals surface area (Å²) in [6, 6.07) is 27.5. The fourth-order valence-electron chi connectivity index (χ4n) is 6.34.